The molecule has 3 N–H and O–H groups in total. The van der Waals surface area contributed by atoms with Gasteiger partial charge in [0.2, 0.25) is 10.0 Å². The van der Waals surface area contributed by atoms with E-state index in [0.717, 1.165) is 10.4 Å². The van der Waals surface area contributed by atoms with Crippen molar-refractivity contribution in [3.05, 3.63) is 24.0 Å². The lowest BCUT2D eigenvalue weighted by Gasteiger charge is -2.19. The van der Waals surface area contributed by atoms with Crippen LogP contribution < -0.4 is 5.73 Å². The van der Waals surface area contributed by atoms with E-state index >= 15 is 0 Å². The van der Waals surface area contributed by atoms with Crippen LogP contribution in [-0.2, 0) is 10.0 Å². The van der Waals surface area contributed by atoms with Crippen molar-refractivity contribution in [2.24, 2.45) is 0 Å². The average molecular weight is 274 g/mol. The van der Waals surface area contributed by atoms with Gasteiger partial charge in [0.25, 0.3) is 0 Å². The van der Waals surface area contributed by atoms with E-state index in [1.807, 2.05) is 0 Å². The monoisotopic (exact) mass is 274 g/mol. The standard InChI is InChI=1S/C11H15FN2O3S/c1-11(15)4-5-14(7-11)18(16,17)8-2-3-10(13)9(12)6-8/h2-3,6,15H,4-5,7,13H2,1H3. The van der Waals surface area contributed by atoms with Gasteiger partial charge in [0.05, 0.1) is 16.2 Å². The number of halogens is 1. The van der Waals surface area contributed by atoms with Crippen LogP contribution in [0.1, 0.15) is 13.3 Å². The Morgan fingerprint density at radius 2 is 2.17 bits per heavy atom. The van der Waals surface area contributed by atoms with Crippen LogP contribution >= 0.6 is 0 Å². The van der Waals surface area contributed by atoms with Gasteiger partial charge in [-0.2, -0.15) is 4.31 Å². The van der Waals surface area contributed by atoms with Crippen LogP contribution in [0.2, 0.25) is 0 Å². The molecule has 0 aromatic heterocycles. The zero-order valence-electron chi connectivity index (χ0n) is 9.93. The summed E-state index contributed by atoms with van der Waals surface area (Å²) in [6, 6.07) is 3.38. The summed E-state index contributed by atoms with van der Waals surface area (Å²) >= 11 is 0. The van der Waals surface area contributed by atoms with Crippen molar-refractivity contribution in [2.75, 3.05) is 18.8 Å². The number of rotatable bonds is 2. The van der Waals surface area contributed by atoms with E-state index in [1.165, 1.54) is 12.1 Å². The second-order valence-electron chi connectivity index (χ2n) is 4.77. The lowest BCUT2D eigenvalue weighted by Crippen LogP contribution is -2.34. The minimum atomic E-state index is -3.77. The number of nitrogens with zero attached hydrogens (tertiary/aromatic N) is 1. The summed E-state index contributed by atoms with van der Waals surface area (Å²) < 4.78 is 38.8. The molecule has 2 rings (SSSR count). The van der Waals surface area contributed by atoms with Crippen LogP contribution in [0.15, 0.2) is 23.1 Å². The Kier molecular flexibility index (Phi) is 3.08. The third-order valence-electron chi connectivity index (χ3n) is 3.03. The zero-order chi connectivity index (χ0) is 13.6. The summed E-state index contributed by atoms with van der Waals surface area (Å²) in [6.07, 6.45) is 0.365. The molecule has 1 saturated heterocycles. The van der Waals surface area contributed by atoms with Crippen molar-refractivity contribution in [2.45, 2.75) is 23.8 Å². The molecule has 1 aromatic carbocycles. The Morgan fingerprint density at radius 1 is 1.50 bits per heavy atom. The summed E-state index contributed by atoms with van der Waals surface area (Å²) in [5, 5.41) is 9.77. The number of nitrogens with two attached hydrogens (primary N) is 1. The van der Waals surface area contributed by atoms with Gasteiger partial charge in [-0.1, -0.05) is 0 Å². The van der Waals surface area contributed by atoms with Crippen molar-refractivity contribution in [1.82, 2.24) is 4.31 Å². The van der Waals surface area contributed by atoms with E-state index in [-0.39, 0.29) is 23.7 Å². The van der Waals surface area contributed by atoms with Crippen molar-refractivity contribution in [1.29, 1.82) is 0 Å². The molecule has 1 aliphatic heterocycles. The van der Waals surface area contributed by atoms with Crippen molar-refractivity contribution < 1.29 is 17.9 Å². The first-order valence-corrected chi connectivity index (χ1v) is 6.94. The molecule has 0 bridgehead atoms. The van der Waals surface area contributed by atoms with Gasteiger partial charge >= 0.3 is 0 Å². The highest BCUT2D eigenvalue weighted by atomic mass is 32.2. The zero-order valence-corrected chi connectivity index (χ0v) is 10.7. The first kappa shape index (κ1) is 13.3. The predicted molar refractivity (Wildman–Crippen MR) is 64.8 cm³/mol. The van der Waals surface area contributed by atoms with E-state index in [4.69, 9.17) is 5.73 Å². The number of benzene rings is 1. The molecule has 7 heteroatoms. The molecule has 100 valence electrons. The van der Waals surface area contributed by atoms with Crippen molar-refractivity contribution in [3.63, 3.8) is 0 Å². The number of sulfonamides is 1. The number of anilines is 1. The van der Waals surface area contributed by atoms with E-state index in [0.29, 0.717) is 6.42 Å². The second-order valence-corrected chi connectivity index (χ2v) is 6.71. The Hall–Kier alpha value is -1.18. The van der Waals surface area contributed by atoms with Gasteiger partial charge in [0.15, 0.2) is 0 Å². The SMILES string of the molecule is CC1(O)CCN(S(=O)(=O)c2ccc(N)c(F)c2)C1. The van der Waals surface area contributed by atoms with Crippen LogP contribution in [0, 0.1) is 5.82 Å². The topological polar surface area (TPSA) is 83.6 Å². The van der Waals surface area contributed by atoms with Crippen LogP contribution in [-0.4, -0.2) is 36.5 Å². The largest absolute Gasteiger partial charge is 0.396 e. The molecule has 0 spiro atoms. The summed E-state index contributed by atoms with van der Waals surface area (Å²) in [4.78, 5) is -0.146. The fourth-order valence-electron chi connectivity index (χ4n) is 1.93. The van der Waals surface area contributed by atoms with E-state index in [1.54, 1.807) is 6.92 Å². The maximum atomic E-state index is 13.3. The fraction of sp³-hybridized carbons (Fsp3) is 0.455. The molecular weight excluding hydrogens is 259 g/mol. The molecule has 0 amide bonds. The van der Waals surface area contributed by atoms with Gasteiger partial charge in [-0.25, -0.2) is 12.8 Å². The molecule has 1 atom stereocenters. The average Bonchev–Trinajstić information content (AvgIpc) is 2.63. The lowest BCUT2D eigenvalue weighted by atomic mass is 10.1. The summed E-state index contributed by atoms with van der Waals surface area (Å²) in [5.41, 5.74) is 4.18. The number of aliphatic hydroxyl groups is 1. The molecule has 1 aromatic rings. The van der Waals surface area contributed by atoms with E-state index in [9.17, 15) is 17.9 Å². The van der Waals surface area contributed by atoms with Gasteiger partial charge in [0.1, 0.15) is 5.82 Å². The molecule has 5 nitrogen and oxygen atoms in total. The first-order chi connectivity index (χ1) is 8.22. The third kappa shape index (κ3) is 2.33. The Bertz CT molecular complexity index is 572. The predicted octanol–water partition coefficient (Wildman–Crippen LogP) is 0.553. The van der Waals surface area contributed by atoms with Gasteiger partial charge in [-0.3, -0.25) is 0 Å². The maximum absolute atomic E-state index is 13.3. The number of β-amino-alcohol motifs (C(OH)–C–C–N with tert-alkyl or cyclic N) is 1. The van der Waals surface area contributed by atoms with Gasteiger partial charge < -0.3 is 10.8 Å². The van der Waals surface area contributed by atoms with Crippen LogP contribution in [0.5, 0.6) is 0 Å². The van der Waals surface area contributed by atoms with Gasteiger partial charge in [-0.05, 0) is 31.5 Å². The van der Waals surface area contributed by atoms with Gasteiger partial charge in [-0.15, -0.1) is 0 Å². The molecule has 1 aliphatic rings. The number of nitrogen functional groups attached to an aromatic ring is 1. The molecule has 0 radical (unpaired) electrons. The van der Waals surface area contributed by atoms with Gasteiger partial charge in [0, 0.05) is 13.1 Å². The fourth-order valence-corrected chi connectivity index (χ4v) is 3.50. The quantitative estimate of drug-likeness (QED) is 0.772. The molecule has 1 unspecified atom stereocenters. The number of hydrogen-bond acceptors (Lipinski definition) is 4. The summed E-state index contributed by atoms with van der Waals surface area (Å²) in [5.74, 6) is -0.762. The third-order valence-corrected chi connectivity index (χ3v) is 4.87. The summed E-state index contributed by atoms with van der Waals surface area (Å²) in [7, 11) is -3.77. The smallest absolute Gasteiger partial charge is 0.243 e. The van der Waals surface area contributed by atoms with Crippen LogP contribution in [0.25, 0.3) is 0 Å². The Morgan fingerprint density at radius 3 is 2.67 bits per heavy atom. The van der Waals surface area contributed by atoms with Crippen molar-refractivity contribution >= 4 is 15.7 Å². The molecule has 0 saturated carbocycles. The Labute approximate surface area is 105 Å². The molecule has 1 heterocycles. The lowest BCUT2D eigenvalue weighted by molar-refractivity contribution is 0.0762. The normalized spacial score (nSPS) is 25.5. The van der Waals surface area contributed by atoms with E-state index in [2.05, 4.69) is 0 Å². The van der Waals surface area contributed by atoms with Crippen molar-refractivity contribution in [3.8, 4) is 0 Å². The second kappa shape index (κ2) is 4.18. The first-order valence-electron chi connectivity index (χ1n) is 5.50. The highest BCUT2D eigenvalue weighted by Crippen LogP contribution is 2.27. The minimum Gasteiger partial charge on any atom is -0.396 e. The maximum Gasteiger partial charge on any atom is 0.243 e. The minimum absolute atomic E-state index is 0.0152. The Balaban J connectivity index is 2.34. The van der Waals surface area contributed by atoms with Crippen LogP contribution in [0.3, 0.4) is 0 Å². The molecule has 1 fully saturated rings. The molecule has 0 aliphatic carbocycles. The highest BCUT2D eigenvalue weighted by molar-refractivity contribution is 7.89. The van der Waals surface area contributed by atoms with Crippen LogP contribution in [0.4, 0.5) is 10.1 Å². The van der Waals surface area contributed by atoms with E-state index < -0.39 is 21.4 Å². The molecule has 18 heavy (non-hydrogen) atoms. The molecular formula is C11H15FN2O3S. The summed E-state index contributed by atoms with van der Waals surface area (Å²) in [6.45, 7) is 1.81. The highest BCUT2D eigenvalue weighted by Gasteiger charge is 2.38. The number of hydrogen-bond donors (Lipinski definition) is 2.